The third kappa shape index (κ3) is 6.99. The lowest BCUT2D eigenvalue weighted by molar-refractivity contribution is -0.192. The first kappa shape index (κ1) is 29.5. The molecule has 0 atom stereocenters. The summed E-state index contributed by atoms with van der Waals surface area (Å²) in [7, 11) is 1.65. The van der Waals surface area contributed by atoms with Gasteiger partial charge in [0, 0.05) is 38.2 Å². The van der Waals surface area contributed by atoms with Gasteiger partial charge in [0.2, 0.25) is 0 Å². The highest BCUT2D eigenvalue weighted by Gasteiger charge is 2.49. The summed E-state index contributed by atoms with van der Waals surface area (Å²) in [5.41, 5.74) is 2.16. The number of carboxylic acids is 1. The van der Waals surface area contributed by atoms with Gasteiger partial charge in [-0.2, -0.15) is 13.2 Å². The predicted molar refractivity (Wildman–Crippen MR) is 142 cm³/mol. The smallest absolute Gasteiger partial charge is 0.490 e. The number of piperidine rings is 2. The van der Waals surface area contributed by atoms with Gasteiger partial charge < -0.3 is 29.1 Å². The van der Waals surface area contributed by atoms with Crippen LogP contribution in [0.1, 0.15) is 54.4 Å². The van der Waals surface area contributed by atoms with Gasteiger partial charge >= 0.3 is 18.1 Å². The van der Waals surface area contributed by atoms with Gasteiger partial charge in [-0.1, -0.05) is 12.5 Å². The van der Waals surface area contributed by atoms with Crippen LogP contribution < -0.4 is 14.4 Å². The van der Waals surface area contributed by atoms with Crippen molar-refractivity contribution in [2.24, 2.45) is 0 Å². The van der Waals surface area contributed by atoms with E-state index < -0.39 is 17.7 Å². The minimum atomic E-state index is -5.08. The van der Waals surface area contributed by atoms with Gasteiger partial charge in [-0.15, -0.1) is 0 Å². The van der Waals surface area contributed by atoms with Crippen molar-refractivity contribution < 1.29 is 42.1 Å². The second-order valence-electron chi connectivity index (χ2n) is 10.2. The molecule has 2 saturated heterocycles. The Bertz CT molecular complexity index is 1160. The van der Waals surface area contributed by atoms with E-state index in [9.17, 15) is 18.0 Å². The molecule has 1 spiro atoms. The Labute approximate surface area is 231 Å². The van der Waals surface area contributed by atoms with Gasteiger partial charge in [0.25, 0.3) is 0 Å². The molecule has 8 nitrogen and oxygen atoms in total. The molecule has 2 aromatic carbocycles. The van der Waals surface area contributed by atoms with Crippen LogP contribution in [0.3, 0.4) is 0 Å². The normalized spacial score (nSPS) is 18.4. The van der Waals surface area contributed by atoms with E-state index in [1.54, 1.807) is 7.11 Å². The van der Waals surface area contributed by atoms with Gasteiger partial charge in [-0.25, -0.2) is 9.59 Å². The number of ether oxygens (including phenoxy) is 3. The standard InChI is InChI=1S/C27H34N2O4.C2HF3O2/c1-31-24-8-5-7-23-25(24)27(33-26(23)30)13-18-29(19-14-27)21-9-11-22(12-10-21)32-20-6-17-28-15-3-2-4-16-28;3-2(4,5)1(6)7/h5,7-12H,2-4,6,13-20H2,1H3;(H,6,7). The number of carboxylic acid groups (broad SMARTS) is 1. The van der Waals surface area contributed by atoms with Crippen LogP contribution in [-0.2, 0) is 15.1 Å². The predicted octanol–water partition coefficient (Wildman–Crippen LogP) is 5.25. The highest BCUT2D eigenvalue weighted by Crippen LogP contribution is 2.48. The molecule has 3 heterocycles. The Morgan fingerprint density at radius 2 is 1.68 bits per heavy atom. The quantitative estimate of drug-likeness (QED) is 0.361. The van der Waals surface area contributed by atoms with Crippen LogP contribution in [0.5, 0.6) is 11.5 Å². The minimum absolute atomic E-state index is 0.237. The number of alkyl halides is 3. The highest BCUT2D eigenvalue weighted by molar-refractivity contribution is 5.95. The van der Waals surface area contributed by atoms with Gasteiger partial charge in [-0.05, 0) is 68.8 Å². The maximum Gasteiger partial charge on any atom is 0.490 e. The van der Waals surface area contributed by atoms with E-state index >= 15 is 0 Å². The molecule has 0 aromatic heterocycles. The van der Waals surface area contributed by atoms with Crippen LogP contribution in [0.4, 0.5) is 18.9 Å². The van der Waals surface area contributed by atoms with Gasteiger partial charge in [0.05, 0.1) is 24.8 Å². The molecular weight excluding hydrogens is 529 g/mol. The van der Waals surface area contributed by atoms with Crippen molar-refractivity contribution in [2.75, 3.05) is 51.3 Å². The molecule has 0 radical (unpaired) electrons. The van der Waals surface area contributed by atoms with Gasteiger partial charge in [0.1, 0.15) is 17.1 Å². The first-order valence-corrected chi connectivity index (χ1v) is 13.5. The highest BCUT2D eigenvalue weighted by atomic mass is 19.4. The van der Waals surface area contributed by atoms with Crippen molar-refractivity contribution in [3.8, 4) is 11.5 Å². The average Bonchev–Trinajstić information content (AvgIpc) is 3.23. The molecule has 40 heavy (non-hydrogen) atoms. The number of rotatable bonds is 7. The van der Waals surface area contributed by atoms with Crippen LogP contribution in [0.2, 0.25) is 0 Å². The molecule has 0 amide bonds. The van der Waals surface area contributed by atoms with Crippen molar-refractivity contribution in [1.82, 2.24) is 4.90 Å². The average molecular weight is 565 g/mol. The van der Waals surface area contributed by atoms with Gasteiger partial charge in [-0.3, -0.25) is 0 Å². The van der Waals surface area contributed by atoms with Crippen molar-refractivity contribution in [3.63, 3.8) is 0 Å². The fraction of sp³-hybridized carbons (Fsp3) is 0.517. The fourth-order valence-corrected chi connectivity index (χ4v) is 5.52. The van der Waals surface area contributed by atoms with Crippen LogP contribution in [0, 0.1) is 0 Å². The Morgan fingerprint density at radius 3 is 2.27 bits per heavy atom. The monoisotopic (exact) mass is 564 g/mol. The number of anilines is 1. The van der Waals surface area contributed by atoms with E-state index in [2.05, 4.69) is 34.1 Å². The number of methoxy groups -OCH3 is 1. The van der Waals surface area contributed by atoms with Crippen LogP contribution in [0.25, 0.3) is 0 Å². The maximum atomic E-state index is 12.5. The third-order valence-corrected chi connectivity index (χ3v) is 7.56. The maximum absolute atomic E-state index is 12.5. The number of nitrogens with zero attached hydrogens (tertiary/aromatic N) is 2. The van der Waals surface area contributed by atoms with E-state index in [1.807, 2.05) is 18.2 Å². The number of hydrogen-bond acceptors (Lipinski definition) is 7. The number of hydrogen-bond donors (Lipinski definition) is 1. The lowest BCUT2D eigenvalue weighted by Crippen LogP contribution is -2.43. The van der Waals surface area contributed by atoms with Crippen LogP contribution in [0.15, 0.2) is 42.5 Å². The Kier molecular flexibility index (Phi) is 9.44. The van der Waals surface area contributed by atoms with Crippen LogP contribution in [-0.4, -0.2) is 74.6 Å². The molecule has 218 valence electrons. The molecule has 0 saturated carbocycles. The summed E-state index contributed by atoms with van der Waals surface area (Å²) in [5, 5.41) is 7.12. The van der Waals surface area contributed by atoms with E-state index in [1.165, 1.54) is 38.0 Å². The molecular formula is C29H35F3N2O6. The summed E-state index contributed by atoms with van der Waals surface area (Å²) >= 11 is 0. The van der Waals surface area contributed by atoms with E-state index in [4.69, 9.17) is 24.1 Å². The number of likely N-dealkylation sites (tertiary alicyclic amines) is 1. The molecule has 1 N–H and O–H groups in total. The van der Waals surface area contributed by atoms with E-state index in [-0.39, 0.29) is 5.97 Å². The molecule has 2 aromatic rings. The van der Waals surface area contributed by atoms with E-state index in [0.717, 1.165) is 62.6 Å². The first-order valence-electron chi connectivity index (χ1n) is 13.5. The molecule has 5 rings (SSSR count). The summed E-state index contributed by atoms with van der Waals surface area (Å²) in [5.74, 6) is -1.32. The largest absolute Gasteiger partial charge is 0.496 e. The summed E-state index contributed by atoms with van der Waals surface area (Å²) in [6.45, 7) is 6.01. The minimum Gasteiger partial charge on any atom is -0.496 e. The lowest BCUT2D eigenvalue weighted by atomic mass is 9.83. The topological polar surface area (TPSA) is 88.5 Å². The second-order valence-corrected chi connectivity index (χ2v) is 10.2. The van der Waals surface area contributed by atoms with Crippen molar-refractivity contribution in [2.45, 2.75) is 50.3 Å². The van der Waals surface area contributed by atoms with Crippen LogP contribution >= 0.6 is 0 Å². The Morgan fingerprint density at radius 1 is 1.02 bits per heavy atom. The number of benzene rings is 2. The second kappa shape index (κ2) is 12.8. The Balaban J connectivity index is 0.000000470. The number of carbonyl (C=O) groups is 2. The third-order valence-electron chi connectivity index (χ3n) is 7.56. The molecule has 3 aliphatic rings. The van der Waals surface area contributed by atoms with E-state index in [0.29, 0.717) is 5.56 Å². The van der Waals surface area contributed by atoms with Gasteiger partial charge in [0.15, 0.2) is 0 Å². The number of fused-ring (bicyclic) bond motifs is 2. The first-order chi connectivity index (χ1) is 19.1. The van der Waals surface area contributed by atoms with Crippen molar-refractivity contribution >= 4 is 17.6 Å². The zero-order chi connectivity index (χ0) is 28.8. The fourth-order valence-electron chi connectivity index (χ4n) is 5.52. The van der Waals surface area contributed by atoms with Crippen molar-refractivity contribution in [1.29, 1.82) is 0 Å². The zero-order valence-corrected chi connectivity index (χ0v) is 22.5. The number of esters is 1. The Hall–Kier alpha value is -3.47. The molecule has 11 heteroatoms. The van der Waals surface area contributed by atoms with Crippen molar-refractivity contribution in [3.05, 3.63) is 53.6 Å². The zero-order valence-electron chi connectivity index (χ0n) is 22.5. The number of aliphatic carboxylic acids is 1. The molecule has 3 aliphatic heterocycles. The summed E-state index contributed by atoms with van der Waals surface area (Å²) in [6.07, 6.45) is 1.54. The number of halogens is 3. The summed E-state index contributed by atoms with van der Waals surface area (Å²) < 4.78 is 49.2. The molecule has 0 bridgehead atoms. The lowest BCUT2D eigenvalue weighted by Gasteiger charge is -2.40. The number of carbonyl (C=O) groups excluding carboxylic acids is 1. The molecule has 0 aliphatic carbocycles. The molecule has 2 fully saturated rings. The summed E-state index contributed by atoms with van der Waals surface area (Å²) in [4.78, 5) is 26.3. The summed E-state index contributed by atoms with van der Waals surface area (Å²) in [6, 6.07) is 14.0. The molecule has 0 unspecified atom stereocenters. The SMILES string of the molecule is COc1cccc2c1C1(CCN(c3ccc(OCCCN4CCCCC4)cc3)CC1)OC2=O.O=C(O)C(F)(F)F.